The van der Waals surface area contributed by atoms with Crippen molar-refractivity contribution in [2.75, 3.05) is 13.1 Å². The molecule has 1 aromatic rings. The molecule has 0 unspecified atom stereocenters. The van der Waals surface area contributed by atoms with E-state index in [0.717, 1.165) is 37.4 Å². The number of rotatable bonds is 4. The Morgan fingerprint density at radius 1 is 1.41 bits per heavy atom. The van der Waals surface area contributed by atoms with Crippen molar-refractivity contribution in [3.8, 4) is 0 Å². The van der Waals surface area contributed by atoms with Crippen LogP contribution in [-0.4, -0.2) is 34.8 Å². The number of thiazole rings is 1. The van der Waals surface area contributed by atoms with Gasteiger partial charge in [-0.25, -0.2) is 4.98 Å². The van der Waals surface area contributed by atoms with E-state index in [0.29, 0.717) is 17.7 Å². The van der Waals surface area contributed by atoms with Crippen LogP contribution in [0, 0.1) is 17.8 Å². The Hall–Kier alpha value is -1.43. The van der Waals surface area contributed by atoms with Gasteiger partial charge in [0.1, 0.15) is 5.01 Å². The zero-order chi connectivity index (χ0) is 15.7. The van der Waals surface area contributed by atoms with Gasteiger partial charge in [0.05, 0.1) is 6.04 Å². The molecular weight excluding hydrogens is 298 g/mol. The average Bonchev–Trinajstić information content (AvgIpc) is 3.01. The van der Waals surface area contributed by atoms with Crippen molar-refractivity contribution in [2.45, 2.75) is 39.2 Å². The maximum absolute atomic E-state index is 12.3. The predicted octanol–water partition coefficient (Wildman–Crippen LogP) is 2.21. The normalized spacial score (nSPS) is 26.5. The lowest BCUT2D eigenvalue weighted by atomic mass is 9.89. The van der Waals surface area contributed by atoms with Gasteiger partial charge in [-0.1, -0.05) is 6.92 Å². The van der Waals surface area contributed by atoms with E-state index < -0.39 is 0 Å². The fraction of sp³-hybridized carbons (Fsp3) is 0.688. The molecule has 0 spiro atoms. The zero-order valence-electron chi connectivity index (χ0n) is 13.1. The van der Waals surface area contributed by atoms with Crippen molar-refractivity contribution >= 4 is 23.2 Å². The Morgan fingerprint density at radius 2 is 2.09 bits per heavy atom. The summed E-state index contributed by atoms with van der Waals surface area (Å²) in [4.78, 5) is 30.2. The van der Waals surface area contributed by atoms with Crippen molar-refractivity contribution < 1.29 is 9.59 Å². The van der Waals surface area contributed by atoms with Gasteiger partial charge < -0.3 is 10.2 Å². The molecule has 3 atom stereocenters. The van der Waals surface area contributed by atoms with E-state index in [1.54, 1.807) is 24.5 Å². The van der Waals surface area contributed by atoms with Gasteiger partial charge >= 0.3 is 0 Å². The van der Waals surface area contributed by atoms with Crippen LogP contribution in [0.2, 0.25) is 0 Å². The van der Waals surface area contributed by atoms with Gasteiger partial charge in [0.15, 0.2) is 0 Å². The van der Waals surface area contributed by atoms with E-state index in [9.17, 15) is 9.59 Å². The molecule has 1 N–H and O–H groups in total. The number of nitrogens with zero attached hydrogens (tertiary/aromatic N) is 2. The van der Waals surface area contributed by atoms with Crippen LogP contribution in [0.1, 0.15) is 44.2 Å². The maximum atomic E-state index is 12.3. The highest BCUT2D eigenvalue weighted by molar-refractivity contribution is 7.09. The summed E-state index contributed by atoms with van der Waals surface area (Å²) in [5.74, 6) is 1.49. The minimum Gasteiger partial charge on any atom is -0.347 e. The van der Waals surface area contributed by atoms with Gasteiger partial charge in [0.25, 0.3) is 0 Å². The maximum Gasteiger partial charge on any atom is 0.225 e. The van der Waals surface area contributed by atoms with Crippen molar-refractivity contribution in [1.29, 1.82) is 0 Å². The topological polar surface area (TPSA) is 62.3 Å². The summed E-state index contributed by atoms with van der Waals surface area (Å²) in [7, 11) is 0. The van der Waals surface area contributed by atoms with Gasteiger partial charge in [-0.05, 0) is 31.1 Å². The first-order valence-corrected chi connectivity index (χ1v) is 8.89. The number of aromatic nitrogens is 1. The molecule has 5 nitrogen and oxygen atoms in total. The lowest BCUT2D eigenvalue weighted by Gasteiger charge is -2.35. The summed E-state index contributed by atoms with van der Waals surface area (Å²) in [6.07, 6.45) is 4.68. The molecule has 3 rings (SSSR count). The minimum absolute atomic E-state index is 0.0189. The van der Waals surface area contributed by atoms with Crippen molar-refractivity contribution in [3.05, 3.63) is 16.6 Å². The fourth-order valence-corrected chi connectivity index (χ4v) is 4.12. The second-order valence-corrected chi connectivity index (χ2v) is 7.46. The molecule has 2 fully saturated rings. The third-order valence-corrected chi connectivity index (χ3v) is 5.68. The Bertz CT molecular complexity index is 538. The second-order valence-electron chi connectivity index (χ2n) is 6.53. The average molecular weight is 321 g/mol. The van der Waals surface area contributed by atoms with E-state index in [2.05, 4.69) is 17.2 Å². The van der Waals surface area contributed by atoms with Crippen LogP contribution in [0.15, 0.2) is 11.6 Å². The van der Waals surface area contributed by atoms with Crippen LogP contribution in [0.25, 0.3) is 0 Å². The van der Waals surface area contributed by atoms with Gasteiger partial charge in [-0.15, -0.1) is 11.3 Å². The van der Waals surface area contributed by atoms with E-state index in [4.69, 9.17) is 0 Å². The Labute approximate surface area is 135 Å². The Balaban J connectivity index is 1.60. The Kier molecular flexibility index (Phi) is 4.47. The number of piperidine rings is 1. The molecule has 1 aromatic heterocycles. The SMILES string of the molecule is CC(=O)N[C@H](c1nccs1)C1CCN(C(=O)[C@H]2C[C@H]2C)CC1. The molecule has 0 aromatic carbocycles. The summed E-state index contributed by atoms with van der Waals surface area (Å²) in [5.41, 5.74) is 0. The van der Waals surface area contributed by atoms with Crippen LogP contribution in [0.3, 0.4) is 0 Å². The van der Waals surface area contributed by atoms with Gasteiger partial charge in [-0.3, -0.25) is 9.59 Å². The second kappa shape index (κ2) is 6.36. The smallest absolute Gasteiger partial charge is 0.225 e. The molecule has 2 heterocycles. The van der Waals surface area contributed by atoms with Crippen LogP contribution >= 0.6 is 11.3 Å². The first-order valence-electron chi connectivity index (χ1n) is 8.01. The van der Waals surface area contributed by atoms with Crippen molar-refractivity contribution in [3.63, 3.8) is 0 Å². The molecule has 1 aliphatic carbocycles. The zero-order valence-corrected chi connectivity index (χ0v) is 13.9. The number of amides is 2. The largest absolute Gasteiger partial charge is 0.347 e. The standard InChI is InChI=1S/C16H23N3O2S/c1-10-9-13(10)16(21)19-6-3-12(4-7-19)14(18-11(2)20)15-17-5-8-22-15/h5,8,10,12-14H,3-4,6-7,9H2,1-2H3,(H,18,20)/t10-,13+,14+/m1/s1. The summed E-state index contributed by atoms with van der Waals surface area (Å²) in [5, 5.41) is 5.95. The Morgan fingerprint density at radius 3 is 2.59 bits per heavy atom. The van der Waals surface area contributed by atoms with E-state index in [1.165, 1.54) is 0 Å². The summed E-state index contributed by atoms with van der Waals surface area (Å²) >= 11 is 1.58. The summed E-state index contributed by atoms with van der Waals surface area (Å²) in [6.45, 7) is 5.29. The van der Waals surface area contributed by atoms with Gasteiger partial charge in [0, 0.05) is 37.5 Å². The summed E-state index contributed by atoms with van der Waals surface area (Å²) in [6, 6.07) is -0.0189. The molecule has 2 amide bonds. The van der Waals surface area contributed by atoms with Crippen LogP contribution in [0.4, 0.5) is 0 Å². The third kappa shape index (κ3) is 3.32. The first-order chi connectivity index (χ1) is 10.6. The molecule has 6 heteroatoms. The third-order valence-electron chi connectivity index (χ3n) is 4.83. The fourth-order valence-electron chi connectivity index (χ4n) is 3.34. The lowest BCUT2D eigenvalue weighted by molar-refractivity contribution is -0.134. The molecule has 0 radical (unpaired) electrons. The molecule has 1 saturated carbocycles. The van der Waals surface area contributed by atoms with E-state index >= 15 is 0 Å². The number of hydrogen-bond acceptors (Lipinski definition) is 4. The van der Waals surface area contributed by atoms with E-state index in [-0.39, 0.29) is 17.9 Å². The van der Waals surface area contributed by atoms with Crippen molar-refractivity contribution in [1.82, 2.24) is 15.2 Å². The molecule has 22 heavy (non-hydrogen) atoms. The molecule has 2 aliphatic rings. The number of carbonyl (C=O) groups is 2. The van der Waals surface area contributed by atoms with Gasteiger partial charge in [0.2, 0.25) is 11.8 Å². The van der Waals surface area contributed by atoms with Crippen LogP contribution < -0.4 is 5.32 Å². The predicted molar refractivity (Wildman–Crippen MR) is 85.2 cm³/mol. The molecule has 120 valence electrons. The lowest BCUT2D eigenvalue weighted by Crippen LogP contribution is -2.43. The summed E-state index contributed by atoms with van der Waals surface area (Å²) < 4.78 is 0. The molecule has 0 bridgehead atoms. The monoisotopic (exact) mass is 321 g/mol. The highest BCUT2D eigenvalue weighted by Crippen LogP contribution is 2.40. The van der Waals surface area contributed by atoms with Crippen molar-refractivity contribution in [2.24, 2.45) is 17.8 Å². The molecule has 1 saturated heterocycles. The number of nitrogens with one attached hydrogen (secondary N) is 1. The van der Waals surface area contributed by atoms with Crippen LogP contribution in [0.5, 0.6) is 0 Å². The number of likely N-dealkylation sites (tertiary alicyclic amines) is 1. The molecule has 1 aliphatic heterocycles. The van der Waals surface area contributed by atoms with Gasteiger partial charge in [-0.2, -0.15) is 0 Å². The quantitative estimate of drug-likeness (QED) is 0.925. The van der Waals surface area contributed by atoms with Crippen LogP contribution in [-0.2, 0) is 9.59 Å². The highest BCUT2D eigenvalue weighted by Gasteiger charge is 2.42. The molecular formula is C16H23N3O2S. The number of carbonyl (C=O) groups excluding carboxylic acids is 2. The highest BCUT2D eigenvalue weighted by atomic mass is 32.1. The first kappa shape index (κ1) is 15.5. The minimum atomic E-state index is -0.0227. The number of hydrogen-bond donors (Lipinski definition) is 1. The van der Waals surface area contributed by atoms with E-state index in [1.807, 2.05) is 10.3 Å².